The predicted molar refractivity (Wildman–Crippen MR) is 71.5 cm³/mol. The fourth-order valence-electron chi connectivity index (χ4n) is 2.73. The Labute approximate surface area is 110 Å². The number of esters is 1. The molecule has 1 fully saturated rings. The molecule has 0 aromatic rings. The molecule has 0 aromatic heterocycles. The summed E-state index contributed by atoms with van der Waals surface area (Å²) >= 11 is 0. The van der Waals surface area contributed by atoms with E-state index in [0.717, 1.165) is 25.9 Å². The normalized spacial score (nSPS) is 29.2. The summed E-state index contributed by atoms with van der Waals surface area (Å²) in [6.45, 7) is 5.19. The van der Waals surface area contributed by atoms with Crippen molar-refractivity contribution in [3.8, 4) is 0 Å². The first kappa shape index (κ1) is 15.4. The molecule has 0 aromatic carbocycles. The van der Waals surface area contributed by atoms with Crippen LogP contribution in [-0.2, 0) is 14.3 Å². The number of hydrogen-bond acceptors (Lipinski definition) is 4. The van der Waals surface area contributed by atoms with Gasteiger partial charge < -0.3 is 14.8 Å². The fraction of sp³-hybridized carbons (Fsp3) is 0.929. The maximum Gasteiger partial charge on any atom is 0.326 e. The van der Waals surface area contributed by atoms with E-state index in [1.54, 1.807) is 0 Å². The second-order valence-corrected chi connectivity index (χ2v) is 5.42. The zero-order chi connectivity index (χ0) is 13.6. The molecule has 1 aliphatic carbocycles. The Morgan fingerprint density at radius 1 is 1.56 bits per heavy atom. The minimum atomic E-state index is -0.534. The zero-order valence-electron chi connectivity index (χ0n) is 12.1. The van der Waals surface area contributed by atoms with Crippen LogP contribution in [0.15, 0.2) is 0 Å². The highest BCUT2D eigenvalue weighted by Crippen LogP contribution is 2.33. The maximum absolute atomic E-state index is 11.8. The highest BCUT2D eigenvalue weighted by atomic mass is 16.5. The van der Waals surface area contributed by atoms with Crippen LogP contribution in [0.1, 0.15) is 46.0 Å². The van der Waals surface area contributed by atoms with Gasteiger partial charge in [0, 0.05) is 13.0 Å². The molecule has 1 rings (SSSR count). The standard InChI is InChI=1S/C14H27NO3/c1-5-6-11(2)10-18-12-7-8-14(9-12,15-3)13(16)17-4/h11-12,15H,5-10H2,1-4H3. The second kappa shape index (κ2) is 7.10. The van der Waals surface area contributed by atoms with Crippen LogP contribution in [0.4, 0.5) is 0 Å². The summed E-state index contributed by atoms with van der Waals surface area (Å²) in [6.07, 6.45) is 5.00. The molecule has 1 saturated carbocycles. The number of likely N-dealkylation sites (N-methyl/N-ethyl adjacent to an activating group) is 1. The van der Waals surface area contributed by atoms with Gasteiger partial charge in [-0.25, -0.2) is 0 Å². The van der Waals surface area contributed by atoms with Crippen molar-refractivity contribution >= 4 is 5.97 Å². The Morgan fingerprint density at radius 2 is 2.28 bits per heavy atom. The van der Waals surface area contributed by atoms with Gasteiger partial charge in [-0.05, 0) is 32.2 Å². The van der Waals surface area contributed by atoms with Crippen molar-refractivity contribution in [1.29, 1.82) is 0 Å². The molecule has 3 unspecified atom stereocenters. The van der Waals surface area contributed by atoms with Gasteiger partial charge in [0.1, 0.15) is 5.54 Å². The lowest BCUT2D eigenvalue weighted by Gasteiger charge is -2.25. The molecule has 4 nitrogen and oxygen atoms in total. The van der Waals surface area contributed by atoms with Gasteiger partial charge in [-0.2, -0.15) is 0 Å². The molecule has 106 valence electrons. The minimum Gasteiger partial charge on any atom is -0.468 e. The number of hydrogen-bond donors (Lipinski definition) is 1. The van der Waals surface area contributed by atoms with Crippen molar-refractivity contribution in [2.45, 2.75) is 57.6 Å². The van der Waals surface area contributed by atoms with Crippen LogP contribution in [0.3, 0.4) is 0 Å². The van der Waals surface area contributed by atoms with Crippen LogP contribution in [0, 0.1) is 5.92 Å². The summed E-state index contributed by atoms with van der Waals surface area (Å²) in [6, 6.07) is 0. The Morgan fingerprint density at radius 3 is 2.83 bits per heavy atom. The van der Waals surface area contributed by atoms with Crippen molar-refractivity contribution in [1.82, 2.24) is 5.32 Å². The molecule has 1 aliphatic rings. The van der Waals surface area contributed by atoms with Crippen LogP contribution in [-0.4, -0.2) is 38.4 Å². The SMILES string of the molecule is CCCC(C)COC1CCC(NC)(C(=O)OC)C1. The number of ether oxygens (including phenoxy) is 2. The summed E-state index contributed by atoms with van der Waals surface area (Å²) in [5.74, 6) is 0.426. The van der Waals surface area contributed by atoms with Crippen molar-refractivity contribution in [2.24, 2.45) is 5.92 Å². The fourth-order valence-corrected chi connectivity index (χ4v) is 2.73. The molecular formula is C14H27NO3. The van der Waals surface area contributed by atoms with E-state index >= 15 is 0 Å². The van der Waals surface area contributed by atoms with E-state index in [1.165, 1.54) is 20.0 Å². The third-order valence-corrected chi connectivity index (χ3v) is 3.92. The molecule has 18 heavy (non-hydrogen) atoms. The number of methoxy groups -OCH3 is 1. The second-order valence-electron chi connectivity index (χ2n) is 5.42. The Hall–Kier alpha value is -0.610. The smallest absolute Gasteiger partial charge is 0.326 e. The molecule has 0 heterocycles. The highest BCUT2D eigenvalue weighted by molar-refractivity contribution is 5.81. The number of nitrogens with one attached hydrogen (secondary N) is 1. The lowest BCUT2D eigenvalue weighted by Crippen LogP contribution is -2.49. The average Bonchev–Trinajstić information content (AvgIpc) is 2.81. The van der Waals surface area contributed by atoms with E-state index in [2.05, 4.69) is 19.2 Å². The zero-order valence-corrected chi connectivity index (χ0v) is 12.1. The van der Waals surface area contributed by atoms with Gasteiger partial charge in [0.2, 0.25) is 0 Å². The summed E-state index contributed by atoms with van der Waals surface area (Å²) in [4.78, 5) is 11.8. The van der Waals surface area contributed by atoms with E-state index in [4.69, 9.17) is 9.47 Å². The van der Waals surface area contributed by atoms with E-state index in [-0.39, 0.29) is 12.1 Å². The van der Waals surface area contributed by atoms with Gasteiger partial charge in [-0.1, -0.05) is 20.3 Å². The lowest BCUT2D eigenvalue weighted by atomic mass is 9.98. The first-order valence-corrected chi connectivity index (χ1v) is 6.97. The van der Waals surface area contributed by atoms with E-state index < -0.39 is 5.54 Å². The molecule has 4 heteroatoms. The summed E-state index contributed by atoms with van der Waals surface area (Å²) in [5.41, 5.74) is -0.534. The van der Waals surface area contributed by atoms with Gasteiger partial charge in [0.05, 0.1) is 13.2 Å². The first-order chi connectivity index (χ1) is 8.57. The van der Waals surface area contributed by atoms with Gasteiger partial charge in [-0.15, -0.1) is 0 Å². The molecular weight excluding hydrogens is 230 g/mol. The third-order valence-electron chi connectivity index (χ3n) is 3.92. The van der Waals surface area contributed by atoms with E-state index in [0.29, 0.717) is 5.92 Å². The van der Waals surface area contributed by atoms with Crippen LogP contribution >= 0.6 is 0 Å². The third kappa shape index (κ3) is 3.69. The molecule has 0 spiro atoms. The number of rotatable bonds is 7. The van der Waals surface area contributed by atoms with Crippen molar-refractivity contribution in [3.63, 3.8) is 0 Å². The molecule has 0 aliphatic heterocycles. The molecule has 0 bridgehead atoms. The lowest BCUT2D eigenvalue weighted by molar-refractivity contribution is -0.148. The van der Waals surface area contributed by atoms with Crippen molar-refractivity contribution < 1.29 is 14.3 Å². The van der Waals surface area contributed by atoms with Crippen LogP contribution in [0.5, 0.6) is 0 Å². The van der Waals surface area contributed by atoms with E-state index in [9.17, 15) is 4.79 Å². The molecule has 1 N–H and O–H groups in total. The minimum absolute atomic E-state index is 0.169. The topological polar surface area (TPSA) is 47.6 Å². The summed E-state index contributed by atoms with van der Waals surface area (Å²) < 4.78 is 10.8. The Balaban J connectivity index is 2.42. The molecule has 0 amide bonds. The number of carbonyl (C=O) groups excluding carboxylic acids is 1. The van der Waals surface area contributed by atoms with Crippen LogP contribution in [0.25, 0.3) is 0 Å². The Bertz CT molecular complexity index is 270. The largest absolute Gasteiger partial charge is 0.468 e. The monoisotopic (exact) mass is 257 g/mol. The molecule has 0 saturated heterocycles. The number of carbonyl (C=O) groups is 1. The average molecular weight is 257 g/mol. The molecule has 3 atom stereocenters. The Kier molecular flexibility index (Phi) is 6.09. The van der Waals surface area contributed by atoms with Gasteiger partial charge in [-0.3, -0.25) is 4.79 Å². The highest BCUT2D eigenvalue weighted by Gasteiger charge is 2.45. The first-order valence-electron chi connectivity index (χ1n) is 6.97. The summed E-state index contributed by atoms with van der Waals surface area (Å²) in [7, 11) is 3.26. The van der Waals surface area contributed by atoms with Crippen molar-refractivity contribution in [2.75, 3.05) is 20.8 Å². The predicted octanol–water partition coefficient (Wildman–Crippen LogP) is 2.12. The van der Waals surface area contributed by atoms with E-state index in [1.807, 2.05) is 7.05 Å². The van der Waals surface area contributed by atoms with Crippen LogP contribution < -0.4 is 5.32 Å². The quantitative estimate of drug-likeness (QED) is 0.710. The summed E-state index contributed by atoms with van der Waals surface area (Å²) in [5, 5.41) is 3.12. The van der Waals surface area contributed by atoms with Gasteiger partial charge in [0.15, 0.2) is 0 Å². The van der Waals surface area contributed by atoms with Gasteiger partial charge >= 0.3 is 5.97 Å². The van der Waals surface area contributed by atoms with Gasteiger partial charge in [0.25, 0.3) is 0 Å². The molecule has 0 radical (unpaired) electrons. The maximum atomic E-state index is 11.8. The van der Waals surface area contributed by atoms with Crippen LogP contribution in [0.2, 0.25) is 0 Å². The van der Waals surface area contributed by atoms with Crippen molar-refractivity contribution in [3.05, 3.63) is 0 Å².